The molecule has 0 spiro atoms. The van der Waals surface area contributed by atoms with E-state index >= 15 is 0 Å². The maximum absolute atomic E-state index is 10.5. The Bertz CT molecular complexity index is 437. The van der Waals surface area contributed by atoms with Crippen LogP contribution in [0, 0.1) is 0 Å². The number of aromatic nitrogens is 1. The molecule has 2 rings (SSSR count). The molecule has 82 valence electrons. The summed E-state index contributed by atoms with van der Waals surface area (Å²) in [7, 11) is 0. The fourth-order valence-corrected chi connectivity index (χ4v) is 1.29. The predicted molar refractivity (Wildman–Crippen MR) is 66.4 cm³/mol. The highest BCUT2D eigenvalue weighted by Crippen LogP contribution is 2.15. The molecule has 0 radical (unpaired) electrons. The van der Waals surface area contributed by atoms with Gasteiger partial charge in [0.1, 0.15) is 5.69 Å². The molecule has 2 nitrogen and oxygen atoms in total. The van der Waals surface area contributed by atoms with Crippen LogP contribution in [0.15, 0.2) is 48.5 Å². The zero-order valence-corrected chi connectivity index (χ0v) is 9.55. The Kier molecular flexibility index (Phi) is 4.93. The molecule has 0 bridgehead atoms. The first kappa shape index (κ1) is 12.1. The van der Waals surface area contributed by atoms with E-state index in [2.05, 4.69) is 4.98 Å². The van der Waals surface area contributed by atoms with Gasteiger partial charge in [-0.25, -0.2) is 4.98 Å². The van der Waals surface area contributed by atoms with Gasteiger partial charge in [0.2, 0.25) is 0 Å². The number of hydrogen-bond acceptors (Lipinski definition) is 2. The van der Waals surface area contributed by atoms with Crippen molar-refractivity contribution in [1.29, 1.82) is 0 Å². The first-order valence-electron chi connectivity index (χ1n) is 5.38. The van der Waals surface area contributed by atoms with Gasteiger partial charge in [0.25, 0.3) is 0 Å². The quantitative estimate of drug-likeness (QED) is 0.713. The molecule has 0 unspecified atom stereocenters. The Labute approximate surface area is 96.0 Å². The maximum atomic E-state index is 10.5. The van der Waals surface area contributed by atoms with Crippen molar-refractivity contribution in [2.24, 2.45) is 0 Å². The fourth-order valence-electron chi connectivity index (χ4n) is 1.29. The second-order valence-electron chi connectivity index (χ2n) is 2.93. The largest absolute Gasteiger partial charge is 0.296 e. The van der Waals surface area contributed by atoms with Gasteiger partial charge in [0, 0.05) is 5.56 Å². The van der Waals surface area contributed by atoms with Crippen molar-refractivity contribution in [3.8, 4) is 11.3 Å². The van der Waals surface area contributed by atoms with Crippen LogP contribution in [0.5, 0.6) is 0 Å². The van der Waals surface area contributed by atoms with Gasteiger partial charge in [-0.3, -0.25) is 4.79 Å². The van der Waals surface area contributed by atoms with Crippen LogP contribution < -0.4 is 0 Å². The smallest absolute Gasteiger partial charge is 0.168 e. The van der Waals surface area contributed by atoms with Crippen molar-refractivity contribution in [2.45, 2.75) is 13.8 Å². The molecule has 0 saturated heterocycles. The third-order valence-electron chi connectivity index (χ3n) is 1.96. The summed E-state index contributed by atoms with van der Waals surface area (Å²) in [5.41, 5.74) is 2.32. The lowest BCUT2D eigenvalue weighted by Crippen LogP contribution is -1.88. The summed E-state index contributed by atoms with van der Waals surface area (Å²) in [5, 5.41) is 0. The molecular weight excluding hydrogens is 198 g/mol. The van der Waals surface area contributed by atoms with Crippen LogP contribution in [-0.4, -0.2) is 11.3 Å². The van der Waals surface area contributed by atoms with Crippen LogP contribution in [0.2, 0.25) is 0 Å². The molecule has 0 aliphatic rings. The van der Waals surface area contributed by atoms with Crippen molar-refractivity contribution < 1.29 is 4.79 Å². The van der Waals surface area contributed by atoms with E-state index in [0.717, 1.165) is 17.5 Å². The minimum Gasteiger partial charge on any atom is -0.296 e. The maximum Gasteiger partial charge on any atom is 0.168 e. The van der Waals surface area contributed by atoms with Crippen LogP contribution in [-0.2, 0) is 0 Å². The summed E-state index contributed by atoms with van der Waals surface area (Å²) in [4.78, 5) is 14.7. The van der Waals surface area contributed by atoms with Crippen LogP contribution in [0.25, 0.3) is 11.3 Å². The van der Waals surface area contributed by atoms with E-state index in [-0.39, 0.29) is 0 Å². The van der Waals surface area contributed by atoms with Gasteiger partial charge >= 0.3 is 0 Å². The lowest BCUT2D eigenvalue weighted by Gasteiger charge is -1.99. The van der Waals surface area contributed by atoms with Gasteiger partial charge in [-0.15, -0.1) is 0 Å². The van der Waals surface area contributed by atoms with E-state index in [1.807, 2.05) is 56.3 Å². The van der Waals surface area contributed by atoms with Crippen molar-refractivity contribution in [2.75, 3.05) is 0 Å². The van der Waals surface area contributed by atoms with Gasteiger partial charge in [-0.1, -0.05) is 50.2 Å². The number of pyridine rings is 1. The molecule has 1 aromatic heterocycles. The molecule has 0 amide bonds. The molecule has 0 aliphatic carbocycles. The number of carbonyl (C=O) groups excluding carboxylic acids is 1. The first-order valence-corrected chi connectivity index (χ1v) is 5.38. The fraction of sp³-hybridized carbons (Fsp3) is 0.143. The molecule has 1 heterocycles. The molecule has 0 saturated carbocycles. The standard InChI is InChI=1S/C12H9NO.C2H6/c14-9-11-7-4-8-12(13-11)10-5-2-1-3-6-10;1-2/h1-9H;1-2H3. The Morgan fingerprint density at radius 1 is 0.938 bits per heavy atom. The van der Waals surface area contributed by atoms with Crippen molar-refractivity contribution in [3.05, 3.63) is 54.2 Å². The molecule has 1 aromatic carbocycles. The molecule has 0 fully saturated rings. The molecule has 0 aliphatic heterocycles. The topological polar surface area (TPSA) is 30.0 Å². The first-order chi connectivity index (χ1) is 7.90. The van der Waals surface area contributed by atoms with Gasteiger partial charge in [-0.05, 0) is 12.1 Å². The number of hydrogen-bond donors (Lipinski definition) is 0. The Morgan fingerprint density at radius 3 is 2.25 bits per heavy atom. The number of nitrogens with zero attached hydrogens (tertiary/aromatic N) is 1. The van der Waals surface area contributed by atoms with Crippen LogP contribution in [0.4, 0.5) is 0 Å². The number of benzene rings is 1. The average Bonchev–Trinajstić information content (AvgIpc) is 2.42. The highest BCUT2D eigenvalue weighted by molar-refractivity contribution is 5.73. The molecule has 0 N–H and O–H groups in total. The van der Waals surface area contributed by atoms with E-state index in [1.54, 1.807) is 6.07 Å². The van der Waals surface area contributed by atoms with Crippen LogP contribution in [0.1, 0.15) is 24.3 Å². The SMILES string of the molecule is CC.O=Cc1cccc(-c2ccccc2)n1. The third-order valence-corrected chi connectivity index (χ3v) is 1.96. The van der Waals surface area contributed by atoms with Crippen molar-refractivity contribution in [1.82, 2.24) is 4.98 Å². The Hall–Kier alpha value is -1.96. The second-order valence-corrected chi connectivity index (χ2v) is 2.93. The highest BCUT2D eigenvalue weighted by atomic mass is 16.1. The minimum absolute atomic E-state index is 0.464. The third kappa shape index (κ3) is 3.02. The van der Waals surface area contributed by atoms with E-state index in [0.29, 0.717) is 5.69 Å². The molecule has 2 heteroatoms. The molecule has 16 heavy (non-hydrogen) atoms. The van der Waals surface area contributed by atoms with Crippen molar-refractivity contribution in [3.63, 3.8) is 0 Å². The highest BCUT2D eigenvalue weighted by Gasteiger charge is 1.98. The van der Waals surface area contributed by atoms with Crippen LogP contribution in [0.3, 0.4) is 0 Å². The monoisotopic (exact) mass is 213 g/mol. The van der Waals surface area contributed by atoms with E-state index < -0.39 is 0 Å². The number of aldehydes is 1. The minimum atomic E-state index is 0.464. The van der Waals surface area contributed by atoms with Gasteiger partial charge in [-0.2, -0.15) is 0 Å². The average molecular weight is 213 g/mol. The molecule has 0 atom stereocenters. The normalized spacial score (nSPS) is 8.88. The zero-order chi connectivity index (χ0) is 11.8. The Morgan fingerprint density at radius 2 is 1.62 bits per heavy atom. The van der Waals surface area contributed by atoms with Crippen LogP contribution >= 0.6 is 0 Å². The summed E-state index contributed by atoms with van der Waals surface area (Å²) in [6.07, 6.45) is 0.756. The summed E-state index contributed by atoms with van der Waals surface area (Å²) in [5.74, 6) is 0. The van der Waals surface area contributed by atoms with Gasteiger partial charge < -0.3 is 0 Å². The predicted octanol–water partition coefficient (Wildman–Crippen LogP) is 3.59. The Balaban J connectivity index is 0.000000606. The van der Waals surface area contributed by atoms with E-state index in [1.165, 1.54) is 0 Å². The summed E-state index contributed by atoms with van der Waals surface area (Å²) >= 11 is 0. The molecule has 2 aromatic rings. The lowest BCUT2D eigenvalue weighted by atomic mass is 10.1. The summed E-state index contributed by atoms with van der Waals surface area (Å²) in [6, 6.07) is 15.2. The van der Waals surface area contributed by atoms with Gasteiger partial charge in [0.15, 0.2) is 6.29 Å². The van der Waals surface area contributed by atoms with Crippen molar-refractivity contribution >= 4 is 6.29 Å². The van der Waals surface area contributed by atoms with E-state index in [4.69, 9.17) is 0 Å². The lowest BCUT2D eigenvalue weighted by molar-refractivity contribution is 0.111. The van der Waals surface area contributed by atoms with Gasteiger partial charge in [0.05, 0.1) is 5.69 Å². The van der Waals surface area contributed by atoms with E-state index in [9.17, 15) is 4.79 Å². The molecular formula is C14H15NO. The number of carbonyl (C=O) groups is 1. The summed E-state index contributed by atoms with van der Waals surface area (Å²) < 4.78 is 0. The number of rotatable bonds is 2. The zero-order valence-electron chi connectivity index (χ0n) is 9.55. The second kappa shape index (κ2) is 6.51. The summed E-state index contributed by atoms with van der Waals surface area (Å²) in [6.45, 7) is 4.00.